The van der Waals surface area contributed by atoms with Crippen LogP contribution in [0.25, 0.3) is 0 Å². The SMILES string of the molecule is C=C(/N=C(\C(=C/N)C(=O)O)C1CC1)N1CC(C)OC(C)C1. The number of hydrogen-bond acceptors (Lipinski definition) is 5. The highest BCUT2D eigenvalue weighted by Gasteiger charge is 2.33. The van der Waals surface area contributed by atoms with Crippen molar-refractivity contribution in [3.8, 4) is 0 Å². The Hall–Kier alpha value is -1.82. The van der Waals surface area contributed by atoms with Crippen LogP contribution in [0.15, 0.2) is 29.2 Å². The lowest BCUT2D eigenvalue weighted by Crippen LogP contribution is -2.44. The van der Waals surface area contributed by atoms with Crippen molar-refractivity contribution in [1.29, 1.82) is 0 Å². The Morgan fingerprint density at radius 3 is 2.38 bits per heavy atom. The quantitative estimate of drug-likeness (QED) is 0.590. The molecule has 1 aliphatic carbocycles. The van der Waals surface area contributed by atoms with Gasteiger partial charge >= 0.3 is 5.97 Å². The molecule has 2 unspecified atom stereocenters. The van der Waals surface area contributed by atoms with E-state index < -0.39 is 5.97 Å². The maximum absolute atomic E-state index is 11.3. The number of aliphatic carboxylic acids is 1. The molecule has 3 N–H and O–H groups in total. The Bertz CT molecular complexity index is 484. The number of morpholine rings is 1. The molecule has 0 aromatic carbocycles. The van der Waals surface area contributed by atoms with Crippen LogP contribution >= 0.6 is 0 Å². The van der Waals surface area contributed by atoms with E-state index in [0.29, 0.717) is 24.6 Å². The van der Waals surface area contributed by atoms with Crippen LogP contribution in [0.5, 0.6) is 0 Å². The number of carbonyl (C=O) groups is 1. The Labute approximate surface area is 125 Å². The standard InChI is InChI=1S/C15H23N3O3/c1-9-7-18(8-10(2)21-9)11(3)17-14(12-4-5-12)13(6-16)15(19)20/h6,9-10,12H,3-5,7-8,16H2,1-2H3,(H,19,20)/b13-6+,17-14-. The second-order valence-corrected chi connectivity index (χ2v) is 5.74. The molecule has 6 nitrogen and oxygen atoms in total. The molecule has 1 saturated carbocycles. The fourth-order valence-corrected chi connectivity index (χ4v) is 2.59. The minimum atomic E-state index is -1.04. The fraction of sp³-hybridized carbons (Fsp3) is 0.600. The normalized spacial score (nSPS) is 27.6. The zero-order valence-electron chi connectivity index (χ0n) is 12.6. The summed E-state index contributed by atoms with van der Waals surface area (Å²) in [5.41, 5.74) is 6.07. The summed E-state index contributed by atoms with van der Waals surface area (Å²) in [6, 6.07) is 0. The molecule has 21 heavy (non-hydrogen) atoms. The summed E-state index contributed by atoms with van der Waals surface area (Å²) in [6.45, 7) is 9.42. The predicted octanol–water partition coefficient (Wildman–Crippen LogP) is 1.35. The van der Waals surface area contributed by atoms with E-state index >= 15 is 0 Å². The van der Waals surface area contributed by atoms with Gasteiger partial charge in [0, 0.05) is 25.2 Å². The van der Waals surface area contributed by atoms with E-state index in [0.717, 1.165) is 19.0 Å². The Morgan fingerprint density at radius 1 is 1.38 bits per heavy atom. The second kappa shape index (κ2) is 6.30. The van der Waals surface area contributed by atoms with Gasteiger partial charge in [0.1, 0.15) is 5.82 Å². The summed E-state index contributed by atoms with van der Waals surface area (Å²) in [6.07, 6.45) is 3.24. The van der Waals surface area contributed by atoms with Crippen LogP contribution in [-0.4, -0.2) is 47.0 Å². The molecule has 0 spiro atoms. The van der Waals surface area contributed by atoms with E-state index in [9.17, 15) is 9.90 Å². The number of nitrogens with two attached hydrogens (primary N) is 1. The van der Waals surface area contributed by atoms with Crippen molar-refractivity contribution in [1.82, 2.24) is 4.90 Å². The third-order valence-corrected chi connectivity index (χ3v) is 3.67. The molecule has 1 saturated heterocycles. The zero-order valence-corrected chi connectivity index (χ0v) is 12.6. The number of rotatable bonds is 5. The van der Waals surface area contributed by atoms with E-state index in [1.54, 1.807) is 0 Å². The number of aliphatic imine (C=N–C) groups is 1. The molecule has 0 aromatic heterocycles. The monoisotopic (exact) mass is 293 g/mol. The summed E-state index contributed by atoms with van der Waals surface area (Å²) in [4.78, 5) is 17.8. The van der Waals surface area contributed by atoms with Gasteiger partial charge in [-0.2, -0.15) is 0 Å². The smallest absolute Gasteiger partial charge is 0.339 e. The first-order chi connectivity index (χ1) is 9.92. The van der Waals surface area contributed by atoms with Gasteiger partial charge in [-0.3, -0.25) is 0 Å². The van der Waals surface area contributed by atoms with Crippen LogP contribution in [0.1, 0.15) is 26.7 Å². The Balaban J connectivity index is 2.18. The van der Waals surface area contributed by atoms with Gasteiger partial charge in [0.15, 0.2) is 0 Å². The highest BCUT2D eigenvalue weighted by Crippen LogP contribution is 2.34. The second-order valence-electron chi connectivity index (χ2n) is 5.74. The summed E-state index contributed by atoms with van der Waals surface area (Å²) in [7, 11) is 0. The number of hydrogen-bond donors (Lipinski definition) is 2. The van der Waals surface area contributed by atoms with Crippen molar-refractivity contribution < 1.29 is 14.6 Å². The summed E-state index contributed by atoms with van der Waals surface area (Å²) in [5.74, 6) is -0.275. The molecule has 2 aliphatic rings. The van der Waals surface area contributed by atoms with Gasteiger partial charge in [0.2, 0.25) is 0 Å². The van der Waals surface area contributed by atoms with Gasteiger partial charge in [-0.25, -0.2) is 9.79 Å². The van der Waals surface area contributed by atoms with Gasteiger partial charge in [0.05, 0.1) is 23.5 Å². The van der Waals surface area contributed by atoms with Crippen LogP contribution < -0.4 is 5.73 Å². The van der Waals surface area contributed by atoms with Crippen molar-refractivity contribution in [2.45, 2.75) is 38.9 Å². The summed E-state index contributed by atoms with van der Waals surface area (Å²) in [5, 5.41) is 9.24. The van der Waals surface area contributed by atoms with Gasteiger partial charge in [-0.05, 0) is 26.7 Å². The molecular formula is C15H23N3O3. The molecule has 116 valence electrons. The average Bonchev–Trinajstić information content (AvgIpc) is 3.20. The molecule has 0 radical (unpaired) electrons. The van der Waals surface area contributed by atoms with Crippen molar-refractivity contribution in [3.63, 3.8) is 0 Å². The van der Waals surface area contributed by atoms with E-state index in [2.05, 4.69) is 11.6 Å². The number of carboxylic acids is 1. The van der Waals surface area contributed by atoms with E-state index in [1.165, 1.54) is 0 Å². The first kappa shape index (κ1) is 15.6. The number of nitrogens with zero attached hydrogens (tertiary/aromatic N) is 2. The topological polar surface area (TPSA) is 88.1 Å². The largest absolute Gasteiger partial charge is 0.478 e. The van der Waals surface area contributed by atoms with Crippen LogP contribution in [0.2, 0.25) is 0 Å². The van der Waals surface area contributed by atoms with Crippen LogP contribution in [0, 0.1) is 5.92 Å². The van der Waals surface area contributed by atoms with Crippen molar-refractivity contribution in [2.24, 2.45) is 16.6 Å². The Morgan fingerprint density at radius 2 is 1.95 bits per heavy atom. The van der Waals surface area contributed by atoms with Gasteiger partial charge in [-0.1, -0.05) is 6.58 Å². The van der Waals surface area contributed by atoms with Crippen LogP contribution in [0.3, 0.4) is 0 Å². The van der Waals surface area contributed by atoms with Gasteiger partial charge < -0.3 is 20.5 Å². The average molecular weight is 293 g/mol. The molecule has 2 atom stereocenters. The van der Waals surface area contributed by atoms with Gasteiger partial charge in [0.25, 0.3) is 0 Å². The molecule has 0 amide bonds. The first-order valence-electron chi connectivity index (χ1n) is 7.25. The lowest BCUT2D eigenvalue weighted by atomic mass is 10.1. The van der Waals surface area contributed by atoms with Gasteiger partial charge in [-0.15, -0.1) is 0 Å². The predicted molar refractivity (Wildman–Crippen MR) is 80.8 cm³/mol. The van der Waals surface area contributed by atoms with Crippen molar-refractivity contribution in [3.05, 3.63) is 24.2 Å². The van der Waals surface area contributed by atoms with Crippen LogP contribution in [0.4, 0.5) is 0 Å². The number of carboxylic acid groups (broad SMARTS) is 1. The third kappa shape index (κ3) is 3.85. The molecule has 1 aliphatic heterocycles. The summed E-state index contributed by atoms with van der Waals surface area (Å²) < 4.78 is 5.68. The minimum Gasteiger partial charge on any atom is -0.478 e. The van der Waals surface area contributed by atoms with E-state index in [1.807, 2.05) is 18.7 Å². The Kier molecular flexibility index (Phi) is 4.67. The lowest BCUT2D eigenvalue weighted by molar-refractivity contribution is -0.132. The zero-order chi connectivity index (χ0) is 15.6. The first-order valence-corrected chi connectivity index (χ1v) is 7.25. The summed E-state index contributed by atoms with van der Waals surface area (Å²) >= 11 is 0. The molecule has 2 rings (SSSR count). The molecule has 1 heterocycles. The highest BCUT2D eigenvalue weighted by atomic mass is 16.5. The molecule has 2 fully saturated rings. The lowest BCUT2D eigenvalue weighted by Gasteiger charge is -2.36. The number of ether oxygens (including phenoxy) is 1. The van der Waals surface area contributed by atoms with E-state index in [4.69, 9.17) is 10.5 Å². The van der Waals surface area contributed by atoms with Crippen LogP contribution in [-0.2, 0) is 9.53 Å². The molecule has 0 bridgehead atoms. The fourth-order valence-electron chi connectivity index (χ4n) is 2.59. The maximum atomic E-state index is 11.3. The maximum Gasteiger partial charge on any atom is 0.339 e. The van der Waals surface area contributed by atoms with Crippen molar-refractivity contribution >= 4 is 11.7 Å². The third-order valence-electron chi connectivity index (χ3n) is 3.67. The molecule has 0 aromatic rings. The van der Waals surface area contributed by atoms with Crippen molar-refractivity contribution in [2.75, 3.05) is 13.1 Å². The minimum absolute atomic E-state index is 0.0769. The van der Waals surface area contributed by atoms with E-state index in [-0.39, 0.29) is 23.7 Å². The molecule has 6 heteroatoms. The highest BCUT2D eigenvalue weighted by molar-refractivity contribution is 6.20. The molecular weight excluding hydrogens is 270 g/mol.